The first-order valence-corrected chi connectivity index (χ1v) is 8.65. The molecule has 0 bridgehead atoms. The van der Waals surface area contributed by atoms with Gasteiger partial charge in [0, 0.05) is 18.8 Å². The Morgan fingerprint density at radius 3 is 2.56 bits per heavy atom. The van der Waals surface area contributed by atoms with Gasteiger partial charge in [0.05, 0.1) is 26.3 Å². The lowest BCUT2D eigenvalue weighted by molar-refractivity contribution is -0.123. The molecule has 1 saturated heterocycles. The molecule has 0 aliphatic carbocycles. The van der Waals surface area contributed by atoms with E-state index in [1.807, 2.05) is 6.92 Å². The molecule has 25 heavy (non-hydrogen) atoms. The summed E-state index contributed by atoms with van der Waals surface area (Å²) in [7, 11) is 1.59. The smallest absolute Gasteiger partial charge is 0.238 e. The van der Waals surface area contributed by atoms with Crippen molar-refractivity contribution >= 4 is 17.5 Å². The Morgan fingerprint density at radius 1 is 1.24 bits per heavy atom. The lowest BCUT2D eigenvalue weighted by Gasteiger charge is -2.20. The number of amides is 2. The number of benzene rings is 1. The second-order valence-corrected chi connectivity index (χ2v) is 6.02. The standard InChI is InChI=1S/C18H27N3O4/c1-3-21(12-17(22)19-11-16-5-4-10-25-16)13-18(23)20-14-6-8-15(24-2)9-7-14/h6-9,16H,3-5,10-13H2,1-2H3,(H,19,22)(H,20,23)/t16-/m0/s1. The molecule has 138 valence electrons. The zero-order chi connectivity index (χ0) is 18.1. The van der Waals surface area contributed by atoms with Crippen LogP contribution < -0.4 is 15.4 Å². The summed E-state index contributed by atoms with van der Waals surface area (Å²) in [5.74, 6) is 0.490. The molecular formula is C18H27N3O4. The van der Waals surface area contributed by atoms with Crippen molar-refractivity contribution in [1.82, 2.24) is 10.2 Å². The van der Waals surface area contributed by atoms with Crippen molar-refractivity contribution in [3.8, 4) is 5.75 Å². The van der Waals surface area contributed by atoms with E-state index in [9.17, 15) is 9.59 Å². The van der Waals surface area contributed by atoms with Crippen molar-refractivity contribution in [2.45, 2.75) is 25.9 Å². The van der Waals surface area contributed by atoms with Crippen molar-refractivity contribution < 1.29 is 19.1 Å². The van der Waals surface area contributed by atoms with E-state index in [0.717, 1.165) is 25.2 Å². The highest BCUT2D eigenvalue weighted by molar-refractivity contribution is 5.92. The summed E-state index contributed by atoms with van der Waals surface area (Å²) >= 11 is 0. The fraction of sp³-hybridized carbons (Fsp3) is 0.556. The normalized spacial score (nSPS) is 16.7. The Labute approximate surface area is 148 Å². The molecule has 7 heteroatoms. The van der Waals surface area contributed by atoms with Gasteiger partial charge in [-0.15, -0.1) is 0 Å². The van der Waals surface area contributed by atoms with Crippen LogP contribution in [-0.2, 0) is 14.3 Å². The van der Waals surface area contributed by atoms with Gasteiger partial charge in [0.15, 0.2) is 0 Å². The van der Waals surface area contributed by atoms with Crippen molar-refractivity contribution in [2.24, 2.45) is 0 Å². The average molecular weight is 349 g/mol. The summed E-state index contributed by atoms with van der Waals surface area (Å²) in [6.07, 6.45) is 2.16. The number of nitrogens with zero attached hydrogens (tertiary/aromatic N) is 1. The molecule has 1 aromatic rings. The van der Waals surface area contributed by atoms with Crippen molar-refractivity contribution in [3.63, 3.8) is 0 Å². The van der Waals surface area contributed by atoms with Crippen LogP contribution in [-0.4, -0.2) is 62.7 Å². The third kappa shape index (κ3) is 6.72. The van der Waals surface area contributed by atoms with E-state index in [1.165, 1.54) is 0 Å². The fourth-order valence-electron chi connectivity index (χ4n) is 2.65. The van der Waals surface area contributed by atoms with Gasteiger partial charge in [-0.2, -0.15) is 0 Å². The van der Waals surface area contributed by atoms with Gasteiger partial charge in [-0.05, 0) is 43.7 Å². The zero-order valence-corrected chi connectivity index (χ0v) is 14.9. The van der Waals surface area contributed by atoms with Gasteiger partial charge in [-0.25, -0.2) is 0 Å². The summed E-state index contributed by atoms with van der Waals surface area (Å²) in [5, 5.41) is 5.69. The Kier molecular flexibility index (Phi) is 7.69. The molecule has 1 aliphatic rings. The SMILES string of the molecule is CCN(CC(=O)NC[C@@H]1CCCO1)CC(=O)Nc1ccc(OC)cc1. The monoisotopic (exact) mass is 349 g/mol. The Morgan fingerprint density at radius 2 is 1.96 bits per heavy atom. The van der Waals surface area contributed by atoms with Crippen LogP contribution in [0.5, 0.6) is 5.75 Å². The summed E-state index contributed by atoms with van der Waals surface area (Å²) in [6.45, 7) is 4.20. The summed E-state index contributed by atoms with van der Waals surface area (Å²) < 4.78 is 10.6. The number of hydrogen-bond acceptors (Lipinski definition) is 5. The molecule has 0 spiro atoms. The van der Waals surface area contributed by atoms with Gasteiger partial charge in [0.2, 0.25) is 11.8 Å². The highest BCUT2D eigenvalue weighted by Gasteiger charge is 2.18. The number of rotatable bonds is 9. The number of carbonyl (C=O) groups excluding carboxylic acids is 2. The van der Waals surface area contributed by atoms with Gasteiger partial charge in [-0.3, -0.25) is 14.5 Å². The van der Waals surface area contributed by atoms with Crippen molar-refractivity contribution in [3.05, 3.63) is 24.3 Å². The van der Waals surface area contributed by atoms with Crippen LogP contribution in [0.2, 0.25) is 0 Å². The second-order valence-electron chi connectivity index (χ2n) is 6.02. The van der Waals surface area contributed by atoms with Crippen molar-refractivity contribution in [2.75, 3.05) is 45.2 Å². The van der Waals surface area contributed by atoms with Gasteiger partial charge in [0.25, 0.3) is 0 Å². The van der Waals surface area contributed by atoms with Gasteiger partial charge >= 0.3 is 0 Å². The Balaban J connectivity index is 1.73. The number of likely N-dealkylation sites (N-methyl/N-ethyl adjacent to an activating group) is 1. The lowest BCUT2D eigenvalue weighted by Crippen LogP contribution is -2.42. The molecule has 0 radical (unpaired) electrons. The van der Waals surface area contributed by atoms with Crippen molar-refractivity contribution in [1.29, 1.82) is 0 Å². The maximum Gasteiger partial charge on any atom is 0.238 e. The largest absolute Gasteiger partial charge is 0.497 e. The van der Waals surface area contributed by atoms with E-state index in [1.54, 1.807) is 36.3 Å². The highest BCUT2D eigenvalue weighted by atomic mass is 16.5. The van der Waals surface area contributed by atoms with E-state index < -0.39 is 0 Å². The van der Waals surface area contributed by atoms with E-state index >= 15 is 0 Å². The number of methoxy groups -OCH3 is 1. The summed E-state index contributed by atoms with van der Waals surface area (Å²) in [4.78, 5) is 26.0. The van der Waals surface area contributed by atoms with Crippen LogP contribution in [0.15, 0.2) is 24.3 Å². The third-order valence-electron chi connectivity index (χ3n) is 4.11. The van der Waals surface area contributed by atoms with Crippen LogP contribution in [0, 0.1) is 0 Å². The molecule has 2 rings (SSSR count). The average Bonchev–Trinajstić information content (AvgIpc) is 3.13. The Hall–Kier alpha value is -2.12. The minimum absolute atomic E-state index is 0.0883. The molecule has 0 aromatic heterocycles. The molecule has 7 nitrogen and oxygen atoms in total. The zero-order valence-electron chi connectivity index (χ0n) is 14.9. The van der Waals surface area contributed by atoms with E-state index in [0.29, 0.717) is 18.8 Å². The first-order valence-electron chi connectivity index (χ1n) is 8.65. The maximum atomic E-state index is 12.1. The topological polar surface area (TPSA) is 79.9 Å². The van der Waals surface area contributed by atoms with Gasteiger partial charge < -0.3 is 20.1 Å². The van der Waals surface area contributed by atoms with Crippen LogP contribution in [0.4, 0.5) is 5.69 Å². The maximum absolute atomic E-state index is 12.1. The molecule has 1 atom stereocenters. The molecule has 1 aromatic carbocycles. The number of anilines is 1. The predicted molar refractivity (Wildman–Crippen MR) is 95.7 cm³/mol. The third-order valence-corrected chi connectivity index (χ3v) is 4.11. The van der Waals surface area contributed by atoms with Crippen LogP contribution in [0.1, 0.15) is 19.8 Å². The Bertz CT molecular complexity index is 556. The minimum atomic E-state index is -0.154. The predicted octanol–water partition coefficient (Wildman–Crippen LogP) is 1.25. The second kappa shape index (κ2) is 10.0. The van der Waals surface area contributed by atoms with Crippen LogP contribution >= 0.6 is 0 Å². The lowest BCUT2D eigenvalue weighted by atomic mass is 10.2. The fourth-order valence-corrected chi connectivity index (χ4v) is 2.65. The number of nitrogens with one attached hydrogen (secondary N) is 2. The van der Waals surface area contributed by atoms with E-state index in [-0.39, 0.29) is 31.0 Å². The molecule has 1 fully saturated rings. The molecule has 2 N–H and O–H groups in total. The quantitative estimate of drug-likeness (QED) is 0.701. The highest BCUT2D eigenvalue weighted by Crippen LogP contribution is 2.15. The molecule has 1 heterocycles. The minimum Gasteiger partial charge on any atom is -0.497 e. The molecule has 2 amide bonds. The van der Waals surface area contributed by atoms with Crippen LogP contribution in [0.25, 0.3) is 0 Å². The summed E-state index contributed by atoms with van der Waals surface area (Å²) in [6, 6.07) is 7.13. The first kappa shape index (κ1) is 19.2. The molecular weight excluding hydrogens is 322 g/mol. The number of ether oxygens (including phenoxy) is 2. The number of carbonyl (C=O) groups is 2. The molecule has 0 unspecified atom stereocenters. The van der Waals surface area contributed by atoms with E-state index in [4.69, 9.17) is 9.47 Å². The van der Waals surface area contributed by atoms with E-state index in [2.05, 4.69) is 10.6 Å². The van der Waals surface area contributed by atoms with Gasteiger partial charge in [-0.1, -0.05) is 6.92 Å². The first-order chi connectivity index (χ1) is 12.1. The van der Waals surface area contributed by atoms with Gasteiger partial charge in [0.1, 0.15) is 5.75 Å². The molecule has 0 saturated carbocycles. The molecule has 1 aliphatic heterocycles. The summed E-state index contributed by atoms with van der Waals surface area (Å²) in [5.41, 5.74) is 0.699. The van der Waals surface area contributed by atoms with Crippen LogP contribution in [0.3, 0.4) is 0 Å². The number of hydrogen-bond donors (Lipinski definition) is 2.